The maximum atomic E-state index is 13.3. The summed E-state index contributed by atoms with van der Waals surface area (Å²) in [5, 5.41) is 8.10. The van der Waals surface area contributed by atoms with Gasteiger partial charge in [0.1, 0.15) is 23.1 Å². The van der Waals surface area contributed by atoms with Gasteiger partial charge in [-0.2, -0.15) is 5.10 Å². The van der Waals surface area contributed by atoms with Crippen LogP contribution in [-0.2, 0) is 0 Å². The minimum atomic E-state index is -0.455. The molecule has 5 rings (SSSR count). The molecule has 3 aromatic heterocycles. The smallest absolute Gasteiger partial charge is 0.281 e. The number of hydrogen-bond acceptors (Lipinski definition) is 9. The largest absolute Gasteiger partial charge is 0.497 e. The number of rotatable bonds is 10. The van der Waals surface area contributed by atoms with Gasteiger partial charge in [0.15, 0.2) is 22.9 Å². The maximum Gasteiger partial charge on any atom is 0.281 e. The Morgan fingerprint density at radius 1 is 0.857 bits per heavy atom. The Hall–Kier alpha value is -5.32. The number of aromatic nitrogens is 4. The van der Waals surface area contributed by atoms with Gasteiger partial charge in [-0.25, -0.2) is 9.67 Å². The molecule has 11 heteroatoms. The van der Waals surface area contributed by atoms with Gasteiger partial charge in [-0.1, -0.05) is 0 Å². The number of amides is 1. The molecule has 0 aliphatic rings. The van der Waals surface area contributed by atoms with Crippen molar-refractivity contribution < 1.29 is 28.5 Å². The molecular formula is C31H31N5O6. The second-order valence-corrected chi connectivity index (χ2v) is 9.30. The number of fused-ring (bicyclic) bond motifs is 1. The number of carbonyl (C=O) groups excluding carboxylic acids is 1. The number of ether oxygens (including phenoxy) is 5. The second kappa shape index (κ2) is 12.0. The fourth-order valence-corrected chi connectivity index (χ4v) is 4.64. The van der Waals surface area contributed by atoms with Gasteiger partial charge < -0.3 is 29.0 Å². The van der Waals surface area contributed by atoms with Crippen LogP contribution < -0.4 is 29.0 Å². The molecule has 216 valence electrons. The van der Waals surface area contributed by atoms with Gasteiger partial charge in [0, 0.05) is 17.6 Å². The molecular weight excluding hydrogens is 538 g/mol. The van der Waals surface area contributed by atoms with Gasteiger partial charge in [0.05, 0.1) is 51.5 Å². The predicted molar refractivity (Wildman–Crippen MR) is 158 cm³/mol. The van der Waals surface area contributed by atoms with E-state index in [9.17, 15) is 4.79 Å². The molecule has 42 heavy (non-hydrogen) atoms. The highest BCUT2D eigenvalue weighted by Gasteiger charge is 2.21. The molecule has 0 bridgehead atoms. The zero-order valence-electron chi connectivity index (χ0n) is 24.2. The van der Waals surface area contributed by atoms with Gasteiger partial charge in [0.25, 0.3) is 5.91 Å². The molecule has 0 saturated heterocycles. The molecule has 0 unspecified atom stereocenters. The summed E-state index contributed by atoms with van der Waals surface area (Å²) in [6, 6.07) is 12.5. The number of benzene rings is 2. The first-order chi connectivity index (χ1) is 20.3. The summed E-state index contributed by atoms with van der Waals surface area (Å²) in [5.74, 6) is 3.15. The van der Waals surface area contributed by atoms with E-state index in [0.29, 0.717) is 46.7 Å². The Bertz CT molecular complexity index is 1730. The van der Waals surface area contributed by atoms with Crippen molar-refractivity contribution in [2.24, 2.45) is 0 Å². The standard InChI is InChI=1S/C31H31N5O6/c1-7-41-27-17-36(30-18(2)12-21(38-4)13-19(30)3)35-29(27)31(37)34-28-9-8-20(16-33-28)42-24-10-11-32-23-15-26(40-6)25(39-5)14-22(23)24/h8-17H,7H2,1-6H3,(H,33,34,37). The number of methoxy groups -OCH3 is 3. The maximum absolute atomic E-state index is 13.3. The lowest BCUT2D eigenvalue weighted by Crippen LogP contribution is -2.15. The molecule has 0 fully saturated rings. The van der Waals surface area contributed by atoms with E-state index in [-0.39, 0.29) is 5.69 Å². The molecule has 0 aliphatic carbocycles. The molecule has 0 saturated carbocycles. The lowest BCUT2D eigenvalue weighted by Gasteiger charge is -2.12. The average Bonchev–Trinajstić information content (AvgIpc) is 3.40. The number of nitrogens with zero attached hydrogens (tertiary/aromatic N) is 4. The van der Waals surface area contributed by atoms with Crippen LogP contribution in [0.2, 0.25) is 0 Å². The Balaban J connectivity index is 1.36. The summed E-state index contributed by atoms with van der Waals surface area (Å²) >= 11 is 0. The van der Waals surface area contributed by atoms with Crippen LogP contribution in [0, 0.1) is 13.8 Å². The third kappa shape index (κ3) is 5.62. The lowest BCUT2D eigenvalue weighted by atomic mass is 10.1. The molecule has 11 nitrogen and oxygen atoms in total. The van der Waals surface area contributed by atoms with Crippen LogP contribution in [0.1, 0.15) is 28.5 Å². The number of carbonyl (C=O) groups is 1. The van der Waals surface area contributed by atoms with Crippen molar-refractivity contribution in [2.75, 3.05) is 33.3 Å². The first kappa shape index (κ1) is 28.2. The van der Waals surface area contributed by atoms with E-state index in [1.807, 2.05) is 39.0 Å². The highest BCUT2D eigenvalue weighted by atomic mass is 16.5. The van der Waals surface area contributed by atoms with E-state index in [2.05, 4.69) is 20.4 Å². The normalized spacial score (nSPS) is 10.8. The van der Waals surface area contributed by atoms with Crippen LogP contribution in [0.5, 0.6) is 34.5 Å². The Morgan fingerprint density at radius 3 is 2.24 bits per heavy atom. The quantitative estimate of drug-likeness (QED) is 0.219. The van der Waals surface area contributed by atoms with Crippen molar-refractivity contribution in [3.8, 4) is 40.2 Å². The zero-order chi connectivity index (χ0) is 29.8. The number of hydrogen-bond donors (Lipinski definition) is 1. The third-order valence-electron chi connectivity index (χ3n) is 6.54. The fraction of sp³-hybridized carbons (Fsp3) is 0.226. The monoisotopic (exact) mass is 569 g/mol. The molecule has 0 spiro atoms. The van der Waals surface area contributed by atoms with Crippen molar-refractivity contribution in [1.82, 2.24) is 19.7 Å². The van der Waals surface area contributed by atoms with Gasteiger partial charge >= 0.3 is 0 Å². The van der Waals surface area contributed by atoms with E-state index >= 15 is 0 Å². The third-order valence-corrected chi connectivity index (χ3v) is 6.54. The SMILES string of the molecule is CCOc1cn(-c2c(C)cc(OC)cc2C)nc1C(=O)Nc1ccc(Oc2ccnc3cc(OC)c(OC)cc23)cn1. The van der Waals surface area contributed by atoms with Crippen molar-refractivity contribution >= 4 is 22.6 Å². The van der Waals surface area contributed by atoms with E-state index < -0.39 is 5.91 Å². The predicted octanol–water partition coefficient (Wildman–Crippen LogP) is 5.90. The summed E-state index contributed by atoms with van der Waals surface area (Å²) in [5.41, 5.74) is 3.56. The van der Waals surface area contributed by atoms with Gasteiger partial charge in [-0.3, -0.25) is 9.78 Å². The summed E-state index contributed by atoms with van der Waals surface area (Å²) < 4.78 is 29.7. The molecule has 0 radical (unpaired) electrons. The summed E-state index contributed by atoms with van der Waals surface area (Å²) in [6.07, 6.45) is 4.87. The van der Waals surface area contributed by atoms with Crippen LogP contribution in [0.25, 0.3) is 16.6 Å². The van der Waals surface area contributed by atoms with Gasteiger partial charge in [0.2, 0.25) is 0 Å². The van der Waals surface area contributed by atoms with Crippen LogP contribution in [-0.4, -0.2) is 53.6 Å². The molecule has 1 N–H and O–H groups in total. The Labute approximate surface area is 243 Å². The van der Waals surface area contributed by atoms with Crippen LogP contribution >= 0.6 is 0 Å². The summed E-state index contributed by atoms with van der Waals surface area (Å²) in [6.45, 7) is 6.14. The van der Waals surface area contributed by atoms with Crippen LogP contribution in [0.15, 0.2) is 61.1 Å². The van der Waals surface area contributed by atoms with Crippen molar-refractivity contribution in [3.05, 3.63) is 77.9 Å². The minimum absolute atomic E-state index is 0.140. The zero-order valence-corrected chi connectivity index (χ0v) is 24.2. The fourth-order valence-electron chi connectivity index (χ4n) is 4.64. The Morgan fingerprint density at radius 2 is 1.60 bits per heavy atom. The van der Waals surface area contributed by atoms with Crippen molar-refractivity contribution in [3.63, 3.8) is 0 Å². The highest BCUT2D eigenvalue weighted by Crippen LogP contribution is 2.37. The number of nitrogens with one attached hydrogen (secondary N) is 1. The van der Waals surface area contributed by atoms with Crippen LogP contribution in [0.4, 0.5) is 5.82 Å². The molecule has 3 heterocycles. The van der Waals surface area contributed by atoms with Crippen molar-refractivity contribution in [1.29, 1.82) is 0 Å². The minimum Gasteiger partial charge on any atom is -0.497 e. The molecule has 1 amide bonds. The highest BCUT2D eigenvalue weighted by molar-refractivity contribution is 6.04. The summed E-state index contributed by atoms with van der Waals surface area (Å²) in [7, 11) is 4.77. The average molecular weight is 570 g/mol. The Kier molecular flexibility index (Phi) is 8.09. The first-order valence-electron chi connectivity index (χ1n) is 13.2. The van der Waals surface area contributed by atoms with Crippen LogP contribution in [0.3, 0.4) is 0 Å². The van der Waals surface area contributed by atoms with E-state index in [1.165, 1.54) is 6.20 Å². The van der Waals surface area contributed by atoms with E-state index in [4.69, 9.17) is 23.7 Å². The van der Waals surface area contributed by atoms with Gasteiger partial charge in [-0.05, 0) is 68.3 Å². The van der Waals surface area contributed by atoms with Crippen molar-refractivity contribution in [2.45, 2.75) is 20.8 Å². The van der Waals surface area contributed by atoms with E-state index in [1.54, 1.807) is 62.7 Å². The second-order valence-electron chi connectivity index (χ2n) is 9.30. The van der Waals surface area contributed by atoms with Gasteiger partial charge in [-0.15, -0.1) is 0 Å². The number of pyridine rings is 2. The number of anilines is 1. The van der Waals surface area contributed by atoms with E-state index in [0.717, 1.165) is 28.0 Å². The first-order valence-corrected chi connectivity index (χ1v) is 13.2. The molecule has 0 aliphatic heterocycles. The molecule has 2 aromatic carbocycles. The number of aryl methyl sites for hydroxylation is 2. The molecule has 0 atom stereocenters. The lowest BCUT2D eigenvalue weighted by molar-refractivity contribution is 0.101. The topological polar surface area (TPSA) is 119 Å². The summed E-state index contributed by atoms with van der Waals surface area (Å²) in [4.78, 5) is 22.0. The molecule has 5 aromatic rings.